The summed E-state index contributed by atoms with van der Waals surface area (Å²) in [4.78, 5) is 10.2. The number of fused-ring (bicyclic) bond motifs is 5. The second-order valence-corrected chi connectivity index (χ2v) is 7.83. The van der Waals surface area contributed by atoms with Crippen molar-refractivity contribution in [1.29, 1.82) is 0 Å². The van der Waals surface area contributed by atoms with Crippen molar-refractivity contribution in [3.05, 3.63) is 24.3 Å². The molecule has 2 bridgehead atoms. The maximum absolute atomic E-state index is 10.2. The van der Waals surface area contributed by atoms with Gasteiger partial charge in [-0.1, -0.05) is 82.6 Å². The second kappa shape index (κ2) is 13.7. The molecule has 0 heterocycles. The van der Waals surface area contributed by atoms with E-state index in [0.29, 0.717) is 6.42 Å². The molecule has 1 saturated carbocycles. The Labute approximate surface area is 198 Å². The van der Waals surface area contributed by atoms with Crippen LogP contribution in [0.1, 0.15) is 85.4 Å². The molecule has 138 valence electrons. The fraction of sp³-hybridized carbons (Fsp3) is 0.773. The van der Waals surface area contributed by atoms with Crippen molar-refractivity contribution in [2.24, 2.45) is 23.7 Å². The number of carbonyl (C=O) groups is 1. The molecule has 0 radical (unpaired) electrons. The average Bonchev–Trinajstić information content (AvgIpc) is 3.27. The first-order valence-corrected chi connectivity index (χ1v) is 10.3. The second-order valence-electron chi connectivity index (χ2n) is 7.83. The molecule has 0 aromatic carbocycles. The third-order valence-electron chi connectivity index (χ3n) is 5.95. The van der Waals surface area contributed by atoms with E-state index in [0.717, 1.165) is 36.5 Å². The Morgan fingerprint density at radius 1 is 0.960 bits per heavy atom. The molecule has 3 aliphatic carbocycles. The van der Waals surface area contributed by atoms with E-state index in [1.807, 2.05) is 0 Å². The largest absolute Gasteiger partial charge is 1.00 e. The summed E-state index contributed by atoms with van der Waals surface area (Å²) in [5.41, 5.74) is 0. The number of hydrogen-bond acceptors (Lipinski definition) is 1. The number of rotatable bonds is 10. The molecule has 0 aromatic heterocycles. The molecule has 0 saturated heterocycles. The standard InChI is InChI=1S/C12H24O2.C10H12.K.H/c1-2-3-4-5-6-7-8-9-10-11-12(13)14;1-2-9-7-4-5-8(6-7)10(9)3-1;;/h2-11H2,1H3,(H,13,14);1-2,4-5,7-10H,3,6H2;;/q;;+1;-1. The molecule has 3 heteroatoms. The zero-order valence-corrected chi connectivity index (χ0v) is 19.6. The molecule has 1 fully saturated rings. The quantitative estimate of drug-likeness (QED) is 0.362. The van der Waals surface area contributed by atoms with Crippen LogP contribution in [0, 0.1) is 23.7 Å². The number of carboxylic acid groups (broad SMARTS) is 1. The minimum Gasteiger partial charge on any atom is -1.00 e. The van der Waals surface area contributed by atoms with E-state index in [1.165, 1.54) is 57.8 Å². The van der Waals surface area contributed by atoms with Crippen LogP contribution in [-0.4, -0.2) is 11.1 Å². The van der Waals surface area contributed by atoms with Crippen molar-refractivity contribution >= 4 is 5.97 Å². The Bertz CT molecular complexity index is 436. The molecule has 0 spiro atoms. The van der Waals surface area contributed by atoms with E-state index in [1.54, 1.807) is 0 Å². The van der Waals surface area contributed by atoms with Gasteiger partial charge in [-0.25, -0.2) is 0 Å². The Morgan fingerprint density at radius 2 is 1.56 bits per heavy atom. The summed E-state index contributed by atoms with van der Waals surface area (Å²) >= 11 is 0. The SMILES string of the molecule is C1=CC2C3C=CC(C3)C2C1.CCCCCCCCCCCC(=O)O.[H-].[K+]. The van der Waals surface area contributed by atoms with Crippen LogP contribution in [0.2, 0.25) is 0 Å². The number of carboxylic acids is 1. The number of aliphatic carboxylic acids is 1. The van der Waals surface area contributed by atoms with Crippen LogP contribution in [-0.2, 0) is 4.79 Å². The van der Waals surface area contributed by atoms with Gasteiger partial charge in [-0.3, -0.25) is 4.79 Å². The smallest absolute Gasteiger partial charge is 1.00 e. The van der Waals surface area contributed by atoms with E-state index in [4.69, 9.17) is 5.11 Å². The topological polar surface area (TPSA) is 37.3 Å². The maximum atomic E-state index is 10.2. The van der Waals surface area contributed by atoms with Crippen LogP contribution in [0.15, 0.2) is 24.3 Å². The summed E-state index contributed by atoms with van der Waals surface area (Å²) in [7, 11) is 0. The van der Waals surface area contributed by atoms with Gasteiger partial charge in [0.1, 0.15) is 0 Å². The Morgan fingerprint density at radius 3 is 2.16 bits per heavy atom. The molecule has 2 nitrogen and oxygen atoms in total. The normalized spacial score (nSPS) is 27.6. The molecular weight excluding hydrogens is 335 g/mol. The zero-order valence-electron chi connectivity index (χ0n) is 17.5. The Balaban J connectivity index is 0.000000458. The van der Waals surface area contributed by atoms with Gasteiger partial charge in [0.2, 0.25) is 0 Å². The van der Waals surface area contributed by atoms with Crippen molar-refractivity contribution in [2.45, 2.75) is 84.0 Å². The van der Waals surface area contributed by atoms with Crippen LogP contribution in [0.4, 0.5) is 0 Å². The van der Waals surface area contributed by atoms with Gasteiger partial charge in [-0.2, -0.15) is 0 Å². The molecule has 4 atom stereocenters. The predicted octanol–water partition coefficient (Wildman–Crippen LogP) is 3.49. The predicted molar refractivity (Wildman–Crippen MR) is 102 cm³/mol. The van der Waals surface area contributed by atoms with Gasteiger partial charge in [-0.15, -0.1) is 0 Å². The van der Waals surface area contributed by atoms with E-state index in [2.05, 4.69) is 31.2 Å². The fourth-order valence-electron chi connectivity index (χ4n) is 4.56. The summed E-state index contributed by atoms with van der Waals surface area (Å²) in [5, 5.41) is 8.41. The van der Waals surface area contributed by atoms with Crippen LogP contribution < -0.4 is 51.4 Å². The van der Waals surface area contributed by atoms with Gasteiger partial charge >= 0.3 is 57.4 Å². The molecule has 0 aliphatic heterocycles. The van der Waals surface area contributed by atoms with Gasteiger partial charge < -0.3 is 6.53 Å². The Hall–Kier alpha value is 0.586. The first kappa shape index (κ1) is 23.6. The third kappa shape index (κ3) is 8.42. The number of hydrogen-bond donors (Lipinski definition) is 1. The van der Waals surface area contributed by atoms with Crippen molar-refractivity contribution in [3.63, 3.8) is 0 Å². The molecule has 3 aliphatic rings. The molecule has 3 rings (SSSR count). The molecular formula is C22H37KO2. The average molecular weight is 373 g/mol. The van der Waals surface area contributed by atoms with Crippen molar-refractivity contribution in [1.82, 2.24) is 0 Å². The zero-order chi connectivity index (χ0) is 17.2. The van der Waals surface area contributed by atoms with Crippen LogP contribution >= 0.6 is 0 Å². The van der Waals surface area contributed by atoms with Crippen molar-refractivity contribution in [3.8, 4) is 0 Å². The van der Waals surface area contributed by atoms with Crippen LogP contribution in [0.5, 0.6) is 0 Å². The molecule has 1 N–H and O–H groups in total. The monoisotopic (exact) mass is 372 g/mol. The first-order chi connectivity index (χ1) is 11.7. The summed E-state index contributed by atoms with van der Waals surface area (Å²) in [6, 6.07) is 0. The van der Waals surface area contributed by atoms with Crippen LogP contribution in [0.3, 0.4) is 0 Å². The molecule has 25 heavy (non-hydrogen) atoms. The van der Waals surface area contributed by atoms with Crippen molar-refractivity contribution < 1.29 is 62.7 Å². The van der Waals surface area contributed by atoms with Gasteiger partial charge in [0.05, 0.1) is 0 Å². The first-order valence-electron chi connectivity index (χ1n) is 10.3. The summed E-state index contributed by atoms with van der Waals surface area (Å²) < 4.78 is 0. The Kier molecular flexibility index (Phi) is 13.0. The minimum atomic E-state index is -0.659. The molecule has 0 amide bonds. The van der Waals surface area contributed by atoms with E-state index in [-0.39, 0.29) is 52.8 Å². The van der Waals surface area contributed by atoms with E-state index in [9.17, 15) is 4.79 Å². The van der Waals surface area contributed by atoms with Crippen LogP contribution in [0.25, 0.3) is 0 Å². The number of unbranched alkanes of at least 4 members (excludes halogenated alkanes) is 8. The van der Waals surface area contributed by atoms with Gasteiger partial charge in [0.15, 0.2) is 0 Å². The van der Waals surface area contributed by atoms with Crippen molar-refractivity contribution in [2.75, 3.05) is 0 Å². The number of allylic oxidation sites excluding steroid dienone is 4. The maximum Gasteiger partial charge on any atom is 1.00 e. The van der Waals surface area contributed by atoms with E-state index >= 15 is 0 Å². The summed E-state index contributed by atoms with van der Waals surface area (Å²) in [5.74, 6) is 3.16. The van der Waals surface area contributed by atoms with Gasteiger partial charge in [0, 0.05) is 6.42 Å². The van der Waals surface area contributed by atoms with E-state index < -0.39 is 5.97 Å². The van der Waals surface area contributed by atoms with Gasteiger partial charge in [0.25, 0.3) is 0 Å². The molecule has 4 unspecified atom stereocenters. The minimum absolute atomic E-state index is 0. The summed E-state index contributed by atoms with van der Waals surface area (Å²) in [6.07, 6.45) is 24.0. The summed E-state index contributed by atoms with van der Waals surface area (Å²) in [6.45, 7) is 2.23. The van der Waals surface area contributed by atoms with Gasteiger partial charge in [-0.05, 0) is 42.9 Å². The molecule has 0 aromatic rings. The fourth-order valence-corrected chi connectivity index (χ4v) is 4.56. The third-order valence-corrected chi connectivity index (χ3v) is 5.95.